The molecular weight excluding hydrogens is 362 g/mol. The van der Waals surface area contributed by atoms with Gasteiger partial charge in [0.05, 0.1) is 21.5 Å². The maximum absolute atomic E-state index is 11.8. The summed E-state index contributed by atoms with van der Waals surface area (Å²) < 4.78 is 0.903. The Bertz CT molecular complexity index is 622. The summed E-state index contributed by atoms with van der Waals surface area (Å²) >= 11 is 10.7. The zero-order chi connectivity index (χ0) is 14.5. The van der Waals surface area contributed by atoms with E-state index in [1.54, 1.807) is 24.4 Å². The quantitative estimate of drug-likeness (QED) is 0.632. The van der Waals surface area contributed by atoms with Gasteiger partial charge in [-0.3, -0.25) is 4.79 Å². The lowest BCUT2D eigenvalue weighted by atomic mass is 10.3. The van der Waals surface area contributed by atoms with Gasteiger partial charge in [-0.05, 0) is 46.3 Å². The summed E-state index contributed by atoms with van der Waals surface area (Å²) in [6.45, 7) is 0. The van der Waals surface area contributed by atoms with Crippen LogP contribution in [0.15, 0.2) is 46.0 Å². The molecule has 4 nitrogen and oxygen atoms in total. The monoisotopic (exact) mass is 371 g/mol. The number of nitrogen functional groups attached to an aromatic ring is 1. The number of hydrogen-bond acceptors (Lipinski definition) is 4. The van der Waals surface area contributed by atoms with Crippen molar-refractivity contribution in [2.75, 3.05) is 16.8 Å². The number of aromatic nitrogens is 1. The number of nitrogens with zero attached hydrogens (tertiary/aromatic N) is 1. The summed E-state index contributed by atoms with van der Waals surface area (Å²) in [5.41, 5.74) is 6.70. The normalized spacial score (nSPS) is 10.3. The van der Waals surface area contributed by atoms with E-state index in [1.807, 2.05) is 12.1 Å². The van der Waals surface area contributed by atoms with Crippen molar-refractivity contribution in [3.8, 4) is 0 Å². The van der Waals surface area contributed by atoms with Gasteiger partial charge >= 0.3 is 0 Å². The molecule has 2 rings (SSSR count). The van der Waals surface area contributed by atoms with E-state index in [9.17, 15) is 4.79 Å². The van der Waals surface area contributed by atoms with Crippen LogP contribution in [0.5, 0.6) is 0 Å². The van der Waals surface area contributed by atoms with Gasteiger partial charge in [-0.25, -0.2) is 4.98 Å². The van der Waals surface area contributed by atoms with Crippen LogP contribution in [0.2, 0.25) is 5.02 Å². The van der Waals surface area contributed by atoms with E-state index in [0.29, 0.717) is 16.4 Å². The van der Waals surface area contributed by atoms with Crippen molar-refractivity contribution in [2.24, 2.45) is 0 Å². The first-order chi connectivity index (χ1) is 9.54. The van der Waals surface area contributed by atoms with E-state index in [-0.39, 0.29) is 11.7 Å². The molecule has 1 aromatic carbocycles. The number of nitrogens with two attached hydrogens (primary N) is 1. The van der Waals surface area contributed by atoms with Crippen molar-refractivity contribution in [1.29, 1.82) is 0 Å². The zero-order valence-electron chi connectivity index (χ0n) is 10.3. The predicted octanol–water partition coefficient (Wildman–Crippen LogP) is 3.81. The number of hydrogen-bond donors (Lipinski definition) is 2. The van der Waals surface area contributed by atoms with Gasteiger partial charge in [-0.15, -0.1) is 0 Å². The number of thioether (sulfide) groups is 1. The first kappa shape index (κ1) is 15.2. The van der Waals surface area contributed by atoms with Crippen LogP contribution in [0.1, 0.15) is 0 Å². The summed E-state index contributed by atoms with van der Waals surface area (Å²) in [4.78, 5) is 16.0. The maximum Gasteiger partial charge on any atom is 0.234 e. The number of amides is 1. The van der Waals surface area contributed by atoms with E-state index < -0.39 is 0 Å². The van der Waals surface area contributed by atoms with Crippen LogP contribution in [0, 0.1) is 0 Å². The molecule has 0 saturated heterocycles. The molecule has 3 N–H and O–H groups in total. The highest BCUT2D eigenvalue weighted by atomic mass is 79.9. The molecule has 1 heterocycles. The third-order valence-corrected chi connectivity index (χ3v) is 4.04. The molecule has 0 saturated carbocycles. The molecule has 20 heavy (non-hydrogen) atoms. The second kappa shape index (κ2) is 6.97. The summed E-state index contributed by atoms with van der Waals surface area (Å²) in [6.07, 6.45) is 1.69. The Morgan fingerprint density at radius 1 is 1.40 bits per heavy atom. The van der Waals surface area contributed by atoms with Gasteiger partial charge in [-0.1, -0.05) is 23.4 Å². The molecule has 0 aliphatic heterocycles. The number of halogens is 2. The van der Waals surface area contributed by atoms with Gasteiger partial charge in [0.1, 0.15) is 0 Å². The molecular formula is C13H11BrClN3OS. The molecule has 0 spiro atoms. The number of carbonyl (C=O) groups is 1. The summed E-state index contributed by atoms with van der Waals surface area (Å²) in [7, 11) is 0. The topological polar surface area (TPSA) is 68.0 Å². The molecule has 0 bridgehead atoms. The zero-order valence-corrected chi connectivity index (χ0v) is 13.4. The second-order valence-corrected chi connectivity index (χ2v) is 6.21. The molecule has 0 atom stereocenters. The smallest absolute Gasteiger partial charge is 0.234 e. The van der Waals surface area contributed by atoms with Crippen LogP contribution >= 0.6 is 39.3 Å². The van der Waals surface area contributed by atoms with Gasteiger partial charge < -0.3 is 11.1 Å². The van der Waals surface area contributed by atoms with Crippen molar-refractivity contribution in [1.82, 2.24) is 4.98 Å². The molecule has 2 aromatic rings. The second-order valence-electron chi connectivity index (χ2n) is 3.89. The fraction of sp³-hybridized carbons (Fsp3) is 0.0769. The number of anilines is 2. The Balaban J connectivity index is 1.90. The Morgan fingerprint density at radius 3 is 2.85 bits per heavy atom. The highest BCUT2D eigenvalue weighted by molar-refractivity contribution is 9.10. The van der Waals surface area contributed by atoms with Crippen molar-refractivity contribution in [2.45, 2.75) is 5.03 Å². The lowest BCUT2D eigenvalue weighted by molar-refractivity contribution is -0.113. The van der Waals surface area contributed by atoms with Gasteiger partial charge in [0.2, 0.25) is 5.91 Å². The van der Waals surface area contributed by atoms with Gasteiger partial charge in [0.25, 0.3) is 0 Å². The molecule has 1 aromatic heterocycles. The SMILES string of the molecule is Nc1ccc(NC(=O)CSc2ccc(Br)cn2)c(Cl)c1. The number of benzene rings is 1. The van der Waals surface area contributed by atoms with Crippen molar-refractivity contribution in [3.63, 3.8) is 0 Å². The van der Waals surface area contributed by atoms with Gasteiger partial charge in [0, 0.05) is 16.4 Å². The van der Waals surface area contributed by atoms with E-state index in [2.05, 4.69) is 26.2 Å². The van der Waals surface area contributed by atoms with Crippen molar-refractivity contribution >= 4 is 56.6 Å². The lowest BCUT2D eigenvalue weighted by Crippen LogP contribution is -2.14. The third-order valence-electron chi connectivity index (χ3n) is 2.32. The van der Waals surface area contributed by atoms with Crippen molar-refractivity contribution < 1.29 is 4.79 Å². The van der Waals surface area contributed by atoms with Crippen LogP contribution in [-0.2, 0) is 4.79 Å². The third kappa shape index (κ3) is 4.40. The molecule has 0 unspecified atom stereocenters. The molecule has 0 aliphatic carbocycles. The number of carbonyl (C=O) groups excluding carboxylic acids is 1. The summed E-state index contributed by atoms with van der Waals surface area (Å²) in [6, 6.07) is 8.69. The van der Waals surface area contributed by atoms with Crippen LogP contribution in [0.4, 0.5) is 11.4 Å². The summed E-state index contributed by atoms with van der Waals surface area (Å²) in [5.74, 6) is 0.112. The van der Waals surface area contributed by atoms with E-state index in [4.69, 9.17) is 17.3 Å². The van der Waals surface area contributed by atoms with E-state index in [0.717, 1.165) is 9.50 Å². The molecule has 7 heteroatoms. The highest BCUT2D eigenvalue weighted by Gasteiger charge is 2.07. The molecule has 0 radical (unpaired) electrons. The number of rotatable bonds is 4. The first-order valence-corrected chi connectivity index (χ1v) is 7.79. The number of nitrogens with one attached hydrogen (secondary N) is 1. The molecule has 1 amide bonds. The fourth-order valence-electron chi connectivity index (χ4n) is 1.41. The predicted molar refractivity (Wildman–Crippen MR) is 87.2 cm³/mol. The average Bonchev–Trinajstić information content (AvgIpc) is 2.41. The van der Waals surface area contributed by atoms with Crippen LogP contribution in [0.25, 0.3) is 0 Å². The minimum absolute atomic E-state index is 0.147. The Morgan fingerprint density at radius 2 is 2.20 bits per heavy atom. The number of pyridine rings is 1. The Hall–Kier alpha value is -1.24. The van der Waals surface area contributed by atoms with Gasteiger partial charge in [0.15, 0.2) is 0 Å². The van der Waals surface area contributed by atoms with Crippen LogP contribution in [-0.4, -0.2) is 16.6 Å². The first-order valence-electron chi connectivity index (χ1n) is 5.64. The standard InChI is InChI=1S/C13H11BrClN3OS/c14-8-1-4-13(17-6-8)20-7-12(19)18-11-3-2-9(16)5-10(11)15/h1-6H,7,16H2,(H,18,19). The maximum atomic E-state index is 11.8. The van der Waals surface area contributed by atoms with E-state index >= 15 is 0 Å². The van der Waals surface area contributed by atoms with Gasteiger partial charge in [-0.2, -0.15) is 0 Å². The largest absolute Gasteiger partial charge is 0.399 e. The molecule has 0 fully saturated rings. The molecule has 104 valence electrons. The van der Waals surface area contributed by atoms with Crippen molar-refractivity contribution in [3.05, 3.63) is 46.0 Å². The molecule has 0 aliphatic rings. The Labute approximate surface area is 134 Å². The fourth-order valence-corrected chi connectivity index (χ4v) is 2.52. The summed E-state index contributed by atoms with van der Waals surface area (Å²) in [5, 5.41) is 3.94. The lowest BCUT2D eigenvalue weighted by Gasteiger charge is -2.07. The average molecular weight is 373 g/mol. The van der Waals surface area contributed by atoms with E-state index in [1.165, 1.54) is 11.8 Å². The minimum Gasteiger partial charge on any atom is -0.399 e. The highest BCUT2D eigenvalue weighted by Crippen LogP contribution is 2.24. The Kier molecular flexibility index (Phi) is 5.28. The minimum atomic E-state index is -0.147. The van der Waals surface area contributed by atoms with Crippen LogP contribution in [0.3, 0.4) is 0 Å². The van der Waals surface area contributed by atoms with Crippen LogP contribution < -0.4 is 11.1 Å².